The monoisotopic (exact) mass is 252 g/mol. The molecule has 0 aromatic rings. The van der Waals surface area contributed by atoms with Gasteiger partial charge in [-0.2, -0.15) is 0 Å². The fourth-order valence-corrected chi connectivity index (χ4v) is 2.14. The van der Waals surface area contributed by atoms with Gasteiger partial charge in [0.25, 0.3) is 0 Å². The molecule has 5 heteroatoms. The van der Waals surface area contributed by atoms with Gasteiger partial charge >= 0.3 is 30.8 Å². The molecule has 102 valence electrons. The average Bonchev–Trinajstić information content (AvgIpc) is 2.14. The van der Waals surface area contributed by atoms with Gasteiger partial charge in [-0.25, -0.2) is 0 Å². The third kappa shape index (κ3) is 4.33. The van der Waals surface area contributed by atoms with Gasteiger partial charge in [-0.05, 0) is 11.8 Å². The van der Waals surface area contributed by atoms with Gasteiger partial charge in [-0.1, -0.05) is 53.4 Å². The molecule has 0 aliphatic carbocycles. The number of aliphatic carboxylic acids is 2. The van der Waals surface area contributed by atoms with E-state index in [2.05, 4.69) is 6.92 Å². The first-order valence-electron chi connectivity index (χ1n) is 6.17. The van der Waals surface area contributed by atoms with Crippen LogP contribution in [0, 0.1) is 10.8 Å². The van der Waals surface area contributed by atoms with Crippen molar-refractivity contribution in [2.75, 3.05) is 0 Å². The number of carboxylic acid groups (broad SMARTS) is 2. The molecule has 0 fully saturated rings. The molecule has 0 atom stereocenters. The maximum atomic E-state index is 11.4. The summed E-state index contributed by atoms with van der Waals surface area (Å²) < 4.78 is 0. The van der Waals surface area contributed by atoms with Gasteiger partial charge in [0.15, 0.2) is 5.41 Å². The van der Waals surface area contributed by atoms with E-state index in [1.54, 1.807) is 20.8 Å². The minimum atomic E-state index is -1.68. The van der Waals surface area contributed by atoms with Gasteiger partial charge in [0.1, 0.15) is 0 Å². The Hall–Kier alpha value is -0.463. The Morgan fingerprint density at radius 3 is 1.67 bits per heavy atom. The zero-order valence-electron chi connectivity index (χ0n) is 11.2. The normalized spacial score (nSPS) is 11.8. The predicted molar refractivity (Wildman–Crippen MR) is 73.1 cm³/mol. The van der Waals surface area contributed by atoms with Crippen molar-refractivity contribution in [1.82, 2.24) is 0 Å². The first kappa shape index (κ1) is 19.9. The van der Waals surface area contributed by atoms with E-state index in [1.165, 1.54) is 0 Å². The van der Waals surface area contributed by atoms with Crippen molar-refractivity contribution >= 4 is 30.8 Å². The van der Waals surface area contributed by atoms with Crippen molar-refractivity contribution in [3.8, 4) is 0 Å². The molecule has 0 saturated carbocycles. The Bertz CT molecular complexity index is 267. The van der Waals surface area contributed by atoms with Crippen LogP contribution in [0.4, 0.5) is 0 Å². The molecule has 0 amide bonds. The Labute approximate surface area is 121 Å². The Morgan fingerprint density at radius 2 is 1.39 bits per heavy atom. The summed E-state index contributed by atoms with van der Waals surface area (Å²) in [6, 6.07) is 0. The van der Waals surface area contributed by atoms with Crippen LogP contribution in [-0.2, 0) is 9.59 Å². The van der Waals surface area contributed by atoms with Gasteiger partial charge < -0.3 is 10.2 Å². The standard InChI is InChI=1S/C13H24O4.Li.H/c1-5-6-7-8-9-13(10(14)15,11(16)17)12(2,3)4;;/h5-9H2,1-4H3,(H,14,15)(H,16,17);;. The molecule has 0 saturated heterocycles. The summed E-state index contributed by atoms with van der Waals surface area (Å²) in [6.45, 7) is 7.09. The van der Waals surface area contributed by atoms with Crippen molar-refractivity contribution in [2.45, 2.75) is 59.8 Å². The third-order valence-corrected chi connectivity index (χ3v) is 3.42. The molecule has 4 nitrogen and oxygen atoms in total. The van der Waals surface area contributed by atoms with Crippen molar-refractivity contribution in [2.24, 2.45) is 10.8 Å². The van der Waals surface area contributed by atoms with E-state index in [0.29, 0.717) is 6.42 Å². The number of hydrogen-bond acceptors (Lipinski definition) is 2. The molecule has 18 heavy (non-hydrogen) atoms. The molecule has 0 aromatic heterocycles. The second-order valence-corrected chi connectivity index (χ2v) is 5.58. The van der Waals surface area contributed by atoms with Crippen LogP contribution in [0.25, 0.3) is 0 Å². The van der Waals surface area contributed by atoms with E-state index in [-0.39, 0.29) is 25.3 Å². The Kier molecular flexibility index (Phi) is 8.68. The molecular weight excluding hydrogens is 227 g/mol. The SMILES string of the molecule is CCCCCCC(C(=O)O)(C(=O)O)C(C)(C)C.[LiH]. The fraction of sp³-hybridized carbons (Fsp3) is 0.846. The van der Waals surface area contributed by atoms with Gasteiger partial charge in [0, 0.05) is 0 Å². The van der Waals surface area contributed by atoms with Crippen LogP contribution in [-0.4, -0.2) is 41.0 Å². The summed E-state index contributed by atoms with van der Waals surface area (Å²) in [5.41, 5.74) is -2.47. The zero-order valence-corrected chi connectivity index (χ0v) is 11.2. The predicted octanol–water partition coefficient (Wildman–Crippen LogP) is 2.51. The van der Waals surface area contributed by atoms with E-state index >= 15 is 0 Å². The number of unbranched alkanes of at least 4 members (excludes halogenated alkanes) is 3. The number of carboxylic acids is 2. The summed E-state index contributed by atoms with van der Waals surface area (Å²) in [7, 11) is 0. The molecule has 0 aliphatic rings. The summed E-state index contributed by atoms with van der Waals surface area (Å²) in [4.78, 5) is 22.8. The quantitative estimate of drug-likeness (QED) is 0.415. The summed E-state index contributed by atoms with van der Waals surface area (Å²) in [6.07, 6.45) is 3.78. The van der Waals surface area contributed by atoms with Crippen LogP contribution in [0.15, 0.2) is 0 Å². The minimum absolute atomic E-state index is 0. The van der Waals surface area contributed by atoms with Crippen LogP contribution in [0.1, 0.15) is 59.8 Å². The number of rotatable bonds is 7. The maximum absolute atomic E-state index is 11.4. The van der Waals surface area contributed by atoms with Crippen molar-refractivity contribution in [3.63, 3.8) is 0 Å². The van der Waals surface area contributed by atoms with E-state index in [9.17, 15) is 19.8 Å². The molecule has 0 aliphatic heterocycles. The molecule has 0 spiro atoms. The van der Waals surface area contributed by atoms with Crippen molar-refractivity contribution in [3.05, 3.63) is 0 Å². The second-order valence-electron chi connectivity index (χ2n) is 5.58. The van der Waals surface area contributed by atoms with Crippen LogP contribution >= 0.6 is 0 Å². The summed E-state index contributed by atoms with van der Waals surface area (Å²) >= 11 is 0. The van der Waals surface area contributed by atoms with Crippen molar-refractivity contribution in [1.29, 1.82) is 0 Å². The summed E-state index contributed by atoms with van der Waals surface area (Å²) in [5.74, 6) is -2.46. The molecule has 0 rings (SSSR count). The molecule has 0 aromatic carbocycles. The molecule has 0 bridgehead atoms. The van der Waals surface area contributed by atoms with Crippen LogP contribution < -0.4 is 0 Å². The van der Waals surface area contributed by atoms with E-state index in [4.69, 9.17) is 0 Å². The average molecular weight is 252 g/mol. The third-order valence-electron chi connectivity index (χ3n) is 3.42. The van der Waals surface area contributed by atoms with Crippen LogP contribution in [0.3, 0.4) is 0 Å². The number of hydrogen-bond donors (Lipinski definition) is 2. The van der Waals surface area contributed by atoms with E-state index in [1.807, 2.05) is 0 Å². The Morgan fingerprint density at radius 1 is 0.944 bits per heavy atom. The van der Waals surface area contributed by atoms with E-state index in [0.717, 1.165) is 19.3 Å². The fourth-order valence-electron chi connectivity index (χ4n) is 2.14. The van der Waals surface area contributed by atoms with Crippen molar-refractivity contribution < 1.29 is 19.8 Å². The zero-order chi connectivity index (χ0) is 13.7. The molecule has 2 N–H and O–H groups in total. The number of carbonyl (C=O) groups is 2. The second kappa shape index (κ2) is 7.86. The summed E-state index contributed by atoms with van der Waals surface area (Å²) in [5, 5.41) is 18.6. The molecule has 0 unspecified atom stereocenters. The Balaban J connectivity index is 0. The van der Waals surface area contributed by atoms with Crippen LogP contribution in [0.5, 0.6) is 0 Å². The molecular formula is C13H25LiO4. The topological polar surface area (TPSA) is 74.6 Å². The first-order chi connectivity index (χ1) is 7.70. The van der Waals surface area contributed by atoms with E-state index < -0.39 is 22.8 Å². The van der Waals surface area contributed by atoms with Gasteiger partial charge in [-0.15, -0.1) is 0 Å². The van der Waals surface area contributed by atoms with Crippen LogP contribution in [0.2, 0.25) is 0 Å². The van der Waals surface area contributed by atoms with Gasteiger partial charge in [-0.3, -0.25) is 9.59 Å². The van der Waals surface area contributed by atoms with Gasteiger partial charge in [0.2, 0.25) is 0 Å². The first-order valence-corrected chi connectivity index (χ1v) is 6.17. The van der Waals surface area contributed by atoms with Gasteiger partial charge in [0.05, 0.1) is 0 Å². The molecule has 0 radical (unpaired) electrons. The molecule has 0 heterocycles.